The van der Waals surface area contributed by atoms with E-state index >= 15 is 0 Å². The summed E-state index contributed by atoms with van der Waals surface area (Å²) < 4.78 is 9.26. The molecule has 38 heavy (non-hydrogen) atoms. The van der Waals surface area contributed by atoms with E-state index in [-0.39, 0.29) is 6.42 Å². The normalized spacial score (nSPS) is 11.9. The molecule has 0 unspecified atom stereocenters. The van der Waals surface area contributed by atoms with Gasteiger partial charge in [0.05, 0.1) is 28.4 Å². The first-order chi connectivity index (χ1) is 18.0. The number of carboxylic acid groups (broad SMARTS) is 1. The zero-order chi connectivity index (χ0) is 27.2. The molecular weight excluding hydrogens is 518 g/mol. The van der Waals surface area contributed by atoms with Crippen molar-refractivity contribution >= 4 is 50.0 Å². The largest absolute Gasteiger partial charge is 0.487 e. The molecule has 8 heteroatoms. The van der Waals surface area contributed by atoms with Gasteiger partial charge in [0.15, 0.2) is 0 Å². The van der Waals surface area contributed by atoms with Gasteiger partial charge in [0.25, 0.3) is 0 Å². The van der Waals surface area contributed by atoms with Crippen LogP contribution in [0.25, 0.3) is 42.8 Å². The standard InChI is InChI=1S/C30H30ClN3O3S/c1-6-11-34-24-10-7-18(13-19(24)16-32-34)29-33-23-12-17(2)22(15-26(35)36)27(28(23)38-29)21-9-8-20(31)14-25(21)37-30(3,4)5/h7-10,12-14,16H,6,11,15H2,1-5H3,(H,35,36). The summed E-state index contributed by atoms with van der Waals surface area (Å²) >= 11 is 7.93. The van der Waals surface area contributed by atoms with Crippen LogP contribution in [0.4, 0.5) is 0 Å². The number of carbonyl (C=O) groups is 1. The Balaban J connectivity index is 1.74. The lowest BCUT2D eigenvalue weighted by Crippen LogP contribution is -2.23. The summed E-state index contributed by atoms with van der Waals surface area (Å²) in [5, 5.41) is 16.8. The van der Waals surface area contributed by atoms with Gasteiger partial charge in [0.1, 0.15) is 16.4 Å². The predicted molar refractivity (Wildman–Crippen MR) is 156 cm³/mol. The van der Waals surface area contributed by atoms with Gasteiger partial charge in [0, 0.05) is 33.6 Å². The van der Waals surface area contributed by atoms with Crippen LogP contribution in [0.3, 0.4) is 0 Å². The molecule has 0 aliphatic carbocycles. The number of fused-ring (bicyclic) bond motifs is 2. The van der Waals surface area contributed by atoms with Crippen molar-refractivity contribution in [2.75, 3.05) is 0 Å². The molecule has 0 amide bonds. The zero-order valence-corrected chi connectivity index (χ0v) is 23.7. The summed E-state index contributed by atoms with van der Waals surface area (Å²) in [4.78, 5) is 16.9. The van der Waals surface area contributed by atoms with Crippen LogP contribution in [0.5, 0.6) is 5.75 Å². The molecule has 0 spiro atoms. The zero-order valence-electron chi connectivity index (χ0n) is 22.1. The maximum Gasteiger partial charge on any atom is 0.307 e. The molecule has 0 saturated heterocycles. The van der Waals surface area contributed by atoms with Gasteiger partial charge in [-0.1, -0.05) is 18.5 Å². The lowest BCUT2D eigenvalue weighted by Gasteiger charge is -2.24. The summed E-state index contributed by atoms with van der Waals surface area (Å²) in [5.74, 6) is -0.275. The summed E-state index contributed by atoms with van der Waals surface area (Å²) in [7, 11) is 0. The van der Waals surface area contributed by atoms with Crippen molar-refractivity contribution < 1.29 is 14.6 Å². The van der Waals surface area contributed by atoms with E-state index in [9.17, 15) is 9.90 Å². The molecule has 0 aliphatic rings. The Morgan fingerprint density at radius 1 is 1.16 bits per heavy atom. The molecule has 5 rings (SSSR count). The molecule has 0 aliphatic heterocycles. The average Bonchev–Trinajstić information content (AvgIpc) is 3.43. The molecule has 196 valence electrons. The highest BCUT2D eigenvalue weighted by Crippen LogP contribution is 2.45. The lowest BCUT2D eigenvalue weighted by molar-refractivity contribution is -0.136. The van der Waals surface area contributed by atoms with Crippen LogP contribution >= 0.6 is 22.9 Å². The topological polar surface area (TPSA) is 77.2 Å². The van der Waals surface area contributed by atoms with Crippen molar-refractivity contribution in [3.8, 4) is 27.4 Å². The summed E-state index contributed by atoms with van der Waals surface area (Å²) in [6.45, 7) is 10.9. The fourth-order valence-corrected chi connectivity index (χ4v) is 6.04. The third-order valence-electron chi connectivity index (χ3n) is 6.29. The minimum absolute atomic E-state index is 0.107. The van der Waals surface area contributed by atoms with Crippen molar-refractivity contribution in [1.29, 1.82) is 0 Å². The number of carboxylic acids is 1. The smallest absolute Gasteiger partial charge is 0.307 e. The van der Waals surface area contributed by atoms with E-state index in [1.165, 1.54) is 0 Å². The van der Waals surface area contributed by atoms with Gasteiger partial charge >= 0.3 is 5.97 Å². The molecule has 0 atom stereocenters. The maximum atomic E-state index is 11.9. The third kappa shape index (κ3) is 5.13. The number of hydrogen-bond donors (Lipinski definition) is 1. The molecule has 2 heterocycles. The Labute approximate surface area is 230 Å². The van der Waals surface area contributed by atoms with Crippen molar-refractivity contribution in [3.63, 3.8) is 0 Å². The molecule has 5 aromatic rings. The van der Waals surface area contributed by atoms with Crippen LogP contribution in [0.15, 0.2) is 48.7 Å². The number of ether oxygens (including phenoxy) is 1. The number of aromatic nitrogens is 3. The highest BCUT2D eigenvalue weighted by molar-refractivity contribution is 7.22. The van der Waals surface area contributed by atoms with Crippen LogP contribution in [-0.2, 0) is 17.8 Å². The van der Waals surface area contributed by atoms with Gasteiger partial charge in [0.2, 0.25) is 0 Å². The fourth-order valence-electron chi connectivity index (χ4n) is 4.75. The van der Waals surface area contributed by atoms with Crippen LogP contribution in [0.1, 0.15) is 45.2 Å². The third-order valence-corrected chi connectivity index (χ3v) is 7.67. The summed E-state index contributed by atoms with van der Waals surface area (Å²) in [6.07, 6.45) is 2.81. The Bertz CT molecular complexity index is 1680. The molecule has 2 aromatic heterocycles. The Hall–Kier alpha value is -3.42. The van der Waals surface area contributed by atoms with Crippen molar-refractivity contribution in [1.82, 2.24) is 14.8 Å². The summed E-state index contributed by atoms with van der Waals surface area (Å²) in [5.41, 5.74) is 5.72. The minimum atomic E-state index is -0.889. The number of aryl methyl sites for hydroxylation is 2. The second-order valence-electron chi connectivity index (χ2n) is 10.5. The van der Waals surface area contributed by atoms with Gasteiger partial charge in [-0.05, 0) is 87.7 Å². The van der Waals surface area contributed by atoms with E-state index in [0.717, 1.165) is 66.9 Å². The first kappa shape index (κ1) is 26.2. The monoisotopic (exact) mass is 547 g/mol. The number of hydrogen-bond acceptors (Lipinski definition) is 5. The van der Waals surface area contributed by atoms with Crippen molar-refractivity contribution in [2.45, 2.75) is 59.6 Å². The van der Waals surface area contributed by atoms with E-state index in [1.54, 1.807) is 17.4 Å². The molecule has 0 saturated carbocycles. The first-order valence-corrected chi connectivity index (χ1v) is 13.8. The minimum Gasteiger partial charge on any atom is -0.487 e. The second-order valence-corrected chi connectivity index (χ2v) is 11.9. The van der Waals surface area contributed by atoms with Gasteiger partial charge < -0.3 is 9.84 Å². The molecule has 6 nitrogen and oxygen atoms in total. The van der Waals surface area contributed by atoms with Crippen LogP contribution in [-0.4, -0.2) is 31.4 Å². The number of nitrogens with zero attached hydrogens (tertiary/aromatic N) is 3. The van der Waals surface area contributed by atoms with E-state index in [0.29, 0.717) is 10.8 Å². The Morgan fingerprint density at radius 2 is 1.95 bits per heavy atom. The molecular formula is C30H30ClN3O3S. The number of halogens is 1. The van der Waals surface area contributed by atoms with Gasteiger partial charge in [-0.15, -0.1) is 11.3 Å². The fraction of sp³-hybridized carbons (Fsp3) is 0.300. The lowest BCUT2D eigenvalue weighted by atomic mass is 9.92. The maximum absolute atomic E-state index is 11.9. The van der Waals surface area contributed by atoms with Gasteiger partial charge in [-0.2, -0.15) is 5.10 Å². The van der Waals surface area contributed by atoms with Crippen LogP contribution in [0.2, 0.25) is 5.02 Å². The highest BCUT2D eigenvalue weighted by atomic mass is 35.5. The second kappa shape index (κ2) is 10.0. The number of benzene rings is 3. The van der Waals surface area contributed by atoms with E-state index in [1.807, 2.05) is 56.8 Å². The highest BCUT2D eigenvalue weighted by Gasteiger charge is 2.24. The summed E-state index contributed by atoms with van der Waals surface area (Å²) in [6, 6.07) is 13.8. The Morgan fingerprint density at radius 3 is 2.66 bits per heavy atom. The van der Waals surface area contributed by atoms with E-state index in [4.69, 9.17) is 21.3 Å². The molecule has 1 N–H and O–H groups in total. The number of thiazole rings is 1. The van der Waals surface area contributed by atoms with Crippen molar-refractivity contribution in [3.05, 3.63) is 64.8 Å². The van der Waals surface area contributed by atoms with E-state index in [2.05, 4.69) is 30.2 Å². The quantitative estimate of drug-likeness (QED) is 0.222. The molecule has 3 aromatic carbocycles. The molecule has 0 radical (unpaired) electrons. The van der Waals surface area contributed by atoms with Gasteiger partial charge in [-0.3, -0.25) is 9.48 Å². The molecule has 0 bridgehead atoms. The van der Waals surface area contributed by atoms with Crippen LogP contribution in [0, 0.1) is 6.92 Å². The average molecular weight is 548 g/mol. The van der Waals surface area contributed by atoms with Crippen LogP contribution < -0.4 is 4.74 Å². The SMILES string of the molecule is CCCn1ncc2cc(-c3nc4cc(C)c(CC(=O)O)c(-c5ccc(Cl)cc5OC(C)(C)C)c4s3)ccc21. The predicted octanol–water partition coefficient (Wildman–Crippen LogP) is 8.16. The van der Waals surface area contributed by atoms with Gasteiger partial charge in [-0.25, -0.2) is 4.98 Å². The van der Waals surface area contributed by atoms with Crippen molar-refractivity contribution in [2.24, 2.45) is 0 Å². The Kier molecular flexibility index (Phi) is 6.92. The first-order valence-electron chi connectivity index (χ1n) is 12.6. The van der Waals surface area contributed by atoms with E-state index < -0.39 is 11.6 Å². The number of aliphatic carboxylic acids is 1. The molecule has 0 fully saturated rings. The number of rotatable bonds is 7.